The molecule has 0 spiro atoms. The molecule has 0 aromatic heterocycles. The molecule has 13 heavy (non-hydrogen) atoms. The Labute approximate surface area is 80.4 Å². The molecule has 3 nitrogen and oxygen atoms in total. The average Bonchev–Trinajstić information content (AvgIpc) is 1.98. The van der Waals surface area contributed by atoms with Crippen LogP contribution in [0.5, 0.6) is 0 Å². The lowest BCUT2D eigenvalue weighted by molar-refractivity contribution is 0.0267. The van der Waals surface area contributed by atoms with Crippen LogP contribution in [0.4, 0.5) is 4.79 Å². The molecule has 76 valence electrons. The van der Waals surface area contributed by atoms with Gasteiger partial charge < -0.3 is 9.64 Å². The van der Waals surface area contributed by atoms with Crippen LogP contribution in [0.3, 0.4) is 0 Å². The van der Waals surface area contributed by atoms with Gasteiger partial charge in [0.1, 0.15) is 5.60 Å². The third-order valence-corrected chi connectivity index (χ3v) is 1.63. The summed E-state index contributed by atoms with van der Waals surface area (Å²) in [5, 5.41) is 0. The van der Waals surface area contributed by atoms with E-state index in [0.717, 1.165) is 0 Å². The second kappa shape index (κ2) is 4.30. The molecule has 0 saturated heterocycles. The van der Waals surface area contributed by atoms with Crippen LogP contribution in [0.1, 0.15) is 27.7 Å². The van der Waals surface area contributed by atoms with Gasteiger partial charge >= 0.3 is 6.09 Å². The van der Waals surface area contributed by atoms with Crippen molar-refractivity contribution in [3.63, 3.8) is 0 Å². The van der Waals surface area contributed by atoms with Crippen LogP contribution in [0.25, 0.3) is 0 Å². The Morgan fingerprint density at radius 2 is 2.00 bits per heavy atom. The zero-order valence-electron chi connectivity index (χ0n) is 9.13. The van der Waals surface area contributed by atoms with Crippen LogP contribution in [0.15, 0.2) is 12.7 Å². The number of hydrogen-bond donors (Lipinski definition) is 0. The molecule has 0 bridgehead atoms. The minimum Gasteiger partial charge on any atom is -0.444 e. The summed E-state index contributed by atoms with van der Waals surface area (Å²) in [6.45, 7) is 11.0. The van der Waals surface area contributed by atoms with Crippen molar-refractivity contribution < 1.29 is 9.53 Å². The van der Waals surface area contributed by atoms with Gasteiger partial charge in [0.15, 0.2) is 0 Å². The number of likely N-dealkylation sites (N-methyl/N-ethyl adjacent to an activating group) is 1. The molecule has 0 radical (unpaired) electrons. The van der Waals surface area contributed by atoms with Gasteiger partial charge in [-0.2, -0.15) is 0 Å². The zero-order chi connectivity index (χ0) is 10.6. The van der Waals surface area contributed by atoms with Gasteiger partial charge in [-0.15, -0.1) is 6.58 Å². The molecule has 0 aromatic rings. The van der Waals surface area contributed by atoms with E-state index in [1.807, 2.05) is 27.7 Å². The van der Waals surface area contributed by atoms with Gasteiger partial charge in [0.05, 0.1) is 0 Å². The molecule has 1 amide bonds. The number of carbonyl (C=O) groups excluding carboxylic acids is 1. The first kappa shape index (κ1) is 12.0. The molecule has 1 atom stereocenters. The maximum Gasteiger partial charge on any atom is 0.410 e. The molecular weight excluding hydrogens is 166 g/mol. The molecule has 0 aromatic carbocycles. The fraction of sp³-hybridized carbons (Fsp3) is 0.700. The van der Waals surface area contributed by atoms with Crippen LogP contribution in [0, 0.1) is 0 Å². The Kier molecular flexibility index (Phi) is 3.98. The van der Waals surface area contributed by atoms with Crippen molar-refractivity contribution in [2.24, 2.45) is 0 Å². The average molecular weight is 185 g/mol. The summed E-state index contributed by atoms with van der Waals surface area (Å²) >= 11 is 0. The maximum atomic E-state index is 11.4. The van der Waals surface area contributed by atoms with Crippen molar-refractivity contribution in [3.05, 3.63) is 12.7 Å². The second-order valence-electron chi connectivity index (χ2n) is 4.07. The third-order valence-electron chi connectivity index (χ3n) is 1.63. The summed E-state index contributed by atoms with van der Waals surface area (Å²) in [6.07, 6.45) is 1.38. The highest BCUT2D eigenvalue weighted by atomic mass is 16.6. The van der Waals surface area contributed by atoms with Crippen LogP contribution in [-0.2, 0) is 4.74 Å². The highest BCUT2D eigenvalue weighted by molar-refractivity contribution is 5.68. The minimum absolute atomic E-state index is 0.00477. The predicted octanol–water partition coefficient (Wildman–Crippen LogP) is 2.43. The lowest BCUT2D eigenvalue weighted by Crippen LogP contribution is -2.38. The Morgan fingerprint density at radius 3 is 2.31 bits per heavy atom. The van der Waals surface area contributed by atoms with Crippen LogP contribution >= 0.6 is 0 Å². The first-order valence-corrected chi connectivity index (χ1v) is 4.36. The van der Waals surface area contributed by atoms with E-state index in [1.54, 1.807) is 13.1 Å². The molecule has 0 rings (SSSR count). The SMILES string of the molecule is C=CC(C)N(C)C(=O)OC(C)(C)C. The van der Waals surface area contributed by atoms with Crippen molar-refractivity contribution in [3.8, 4) is 0 Å². The molecule has 3 heteroatoms. The van der Waals surface area contributed by atoms with Crippen LogP contribution < -0.4 is 0 Å². The van der Waals surface area contributed by atoms with Crippen molar-refractivity contribution in [2.45, 2.75) is 39.3 Å². The Balaban J connectivity index is 4.19. The summed E-state index contributed by atoms with van der Waals surface area (Å²) in [7, 11) is 1.69. The Morgan fingerprint density at radius 1 is 1.54 bits per heavy atom. The lowest BCUT2D eigenvalue weighted by atomic mass is 10.2. The van der Waals surface area contributed by atoms with E-state index in [-0.39, 0.29) is 12.1 Å². The quantitative estimate of drug-likeness (QED) is 0.618. The van der Waals surface area contributed by atoms with Gasteiger partial charge in [0, 0.05) is 13.1 Å². The number of rotatable bonds is 2. The number of amides is 1. The Hall–Kier alpha value is -0.990. The highest BCUT2D eigenvalue weighted by Gasteiger charge is 2.21. The molecule has 0 heterocycles. The number of nitrogens with zero attached hydrogens (tertiary/aromatic N) is 1. The van der Waals surface area contributed by atoms with Crippen LogP contribution in [-0.4, -0.2) is 29.7 Å². The first-order valence-electron chi connectivity index (χ1n) is 4.36. The summed E-state index contributed by atoms with van der Waals surface area (Å²) in [5.74, 6) is 0. The molecule has 0 aliphatic carbocycles. The van der Waals surface area contributed by atoms with E-state index in [4.69, 9.17) is 4.74 Å². The van der Waals surface area contributed by atoms with E-state index < -0.39 is 5.60 Å². The monoisotopic (exact) mass is 185 g/mol. The van der Waals surface area contributed by atoms with Crippen LogP contribution in [0.2, 0.25) is 0 Å². The van der Waals surface area contributed by atoms with Crippen molar-refractivity contribution in [1.29, 1.82) is 0 Å². The van der Waals surface area contributed by atoms with E-state index >= 15 is 0 Å². The second-order valence-corrected chi connectivity index (χ2v) is 4.07. The molecule has 0 N–H and O–H groups in total. The van der Waals surface area contributed by atoms with E-state index in [2.05, 4.69) is 6.58 Å². The molecule has 0 saturated carbocycles. The fourth-order valence-electron chi connectivity index (χ4n) is 0.658. The number of ether oxygens (including phenoxy) is 1. The summed E-state index contributed by atoms with van der Waals surface area (Å²) in [5.41, 5.74) is -0.438. The Bertz CT molecular complexity index is 194. The third kappa shape index (κ3) is 4.55. The van der Waals surface area contributed by atoms with Gasteiger partial charge in [-0.3, -0.25) is 0 Å². The number of carbonyl (C=O) groups is 1. The highest BCUT2D eigenvalue weighted by Crippen LogP contribution is 2.10. The van der Waals surface area contributed by atoms with Gasteiger partial charge in [0.25, 0.3) is 0 Å². The zero-order valence-corrected chi connectivity index (χ0v) is 9.13. The normalized spacial score (nSPS) is 13.3. The van der Waals surface area contributed by atoms with Gasteiger partial charge in [-0.1, -0.05) is 6.08 Å². The van der Waals surface area contributed by atoms with Crippen molar-refractivity contribution in [1.82, 2.24) is 4.90 Å². The standard InChI is InChI=1S/C10H19NO2/c1-7-8(2)11(6)9(12)13-10(3,4)5/h7-8H,1H2,2-6H3. The molecule has 1 unspecified atom stereocenters. The molecule has 0 aliphatic heterocycles. The lowest BCUT2D eigenvalue weighted by Gasteiger charge is -2.27. The predicted molar refractivity (Wildman–Crippen MR) is 53.7 cm³/mol. The molecule has 0 fully saturated rings. The van der Waals surface area contributed by atoms with E-state index in [1.165, 1.54) is 4.90 Å². The minimum atomic E-state index is -0.438. The van der Waals surface area contributed by atoms with Gasteiger partial charge in [0.2, 0.25) is 0 Å². The maximum absolute atomic E-state index is 11.4. The summed E-state index contributed by atoms with van der Waals surface area (Å²) < 4.78 is 5.16. The molecular formula is C10H19NO2. The van der Waals surface area contributed by atoms with Crippen molar-refractivity contribution >= 4 is 6.09 Å². The van der Waals surface area contributed by atoms with E-state index in [0.29, 0.717) is 0 Å². The number of hydrogen-bond acceptors (Lipinski definition) is 2. The largest absolute Gasteiger partial charge is 0.444 e. The fourth-order valence-corrected chi connectivity index (χ4v) is 0.658. The van der Waals surface area contributed by atoms with Gasteiger partial charge in [-0.05, 0) is 27.7 Å². The molecule has 0 aliphatic rings. The summed E-state index contributed by atoms with van der Waals surface area (Å²) in [6, 6.07) is -0.00477. The van der Waals surface area contributed by atoms with Crippen molar-refractivity contribution in [2.75, 3.05) is 7.05 Å². The first-order chi connectivity index (χ1) is 5.78. The summed E-state index contributed by atoms with van der Waals surface area (Å²) in [4.78, 5) is 12.9. The smallest absolute Gasteiger partial charge is 0.410 e. The topological polar surface area (TPSA) is 29.5 Å². The van der Waals surface area contributed by atoms with E-state index in [9.17, 15) is 4.79 Å². The van der Waals surface area contributed by atoms with Gasteiger partial charge in [-0.25, -0.2) is 4.79 Å².